The molecule has 0 spiro atoms. The lowest BCUT2D eigenvalue weighted by atomic mass is 9.83. The van der Waals surface area contributed by atoms with Gasteiger partial charge in [-0.3, -0.25) is 10.3 Å². The summed E-state index contributed by atoms with van der Waals surface area (Å²) >= 11 is 5.93. The molecule has 0 fully saturated rings. The smallest absolute Gasteiger partial charge is 0.143 e. The van der Waals surface area contributed by atoms with E-state index < -0.39 is 17.4 Å². The average molecular weight is 404 g/mol. The summed E-state index contributed by atoms with van der Waals surface area (Å²) in [4.78, 5) is 4.38. The Hall–Kier alpha value is -2.86. The summed E-state index contributed by atoms with van der Waals surface area (Å²) in [7, 11) is 3.04. The zero-order valence-electron chi connectivity index (χ0n) is 15.3. The molecule has 28 heavy (non-hydrogen) atoms. The van der Waals surface area contributed by atoms with E-state index in [-0.39, 0.29) is 11.8 Å². The van der Waals surface area contributed by atoms with Crippen LogP contribution in [-0.2, 0) is 10.4 Å². The third kappa shape index (κ3) is 3.47. The molecule has 0 aliphatic carbocycles. The van der Waals surface area contributed by atoms with Crippen molar-refractivity contribution in [3.63, 3.8) is 0 Å². The minimum Gasteiger partial charge on any atom is -0.495 e. The second-order valence-electron chi connectivity index (χ2n) is 6.17. The summed E-state index contributed by atoms with van der Waals surface area (Å²) in [5.41, 5.74) is 7.05. The highest BCUT2D eigenvalue weighted by Crippen LogP contribution is 2.43. The zero-order valence-corrected chi connectivity index (χ0v) is 16.0. The fourth-order valence-electron chi connectivity index (χ4n) is 3.13. The van der Waals surface area contributed by atoms with Crippen molar-refractivity contribution in [3.8, 4) is 11.8 Å². The van der Waals surface area contributed by atoms with E-state index in [1.807, 2.05) is 0 Å². The normalized spacial score (nSPS) is 20.3. The molecule has 2 unspecified atom stereocenters. The lowest BCUT2D eigenvalue weighted by Gasteiger charge is -2.41. The highest BCUT2D eigenvalue weighted by Gasteiger charge is 2.44. The largest absolute Gasteiger partial charge is 0.495 e. The summed E-state index contributed by atoms with van der Waals surface area (Å²) in [6.45, 7) is 0.124. The Morgan fingerprint density at radius 1 is 1.36 bits per heavy atom. The van der Waals surface area contributed by atoms with Crippen LogP contribution in [0.5, 0.6) is 5.75 Å². The molecule has 4 N–H and O–H groups in total. The van der Waals surface area contributed by atoms with E-state index in [1.165, 1.54) is 38.6 Å². The van der Waals surface area contributed by atoms with Gasteiger partial charge in [-0.2, -0.15) is 5.26 Å². The number of nitrogen functional groups attached to an aromatic ring is 1. The molecule has 7 nitrogen and oxygen atoms in total. The number of nitrogens with two attached hydrogens (primary N) is 1. The second-order valence-corrected chi connectivity index (χ2v) is 6.58. The maximum atomic E-state index is 13.6. The molecular formula is C19H19ClFN5O2. The van der Waals surface area contributed by atoms with Gasteiger partial charge in [0.15, 0.2) is 0 Å². The van der Waals surface area contributed by atoms with Gasteiger partial charge in [-0.1, -0.05) is 11.6 Å². The number of ether oxygens (including phenoxy) is 2. The molecule has 0 amide bonds. The SMILES string of the molecule is COCNC1(Nc2ccc(F)c(Cl)c2)c2cc(N)c(OC)cc2N=CC1C#N. The number of hydrogen-bond donors (Lipinski definition) is 3. The number of aliphatic imine (C=N–C) groups is 1. The minimum atomic E-state index is -1.15. The first kappa shape index (κ1) is 19.9. The number of hydrogen-bond acceptors (Lipinski definition) is 7. The Kier molecular flexibility index (Phi) is 5.70. The fourth-order valence-corrected chi connectivity index (χ4v) is 3.31. The van der Waals surface area contributed by atoms with Crippen LogP contribution in [0.4, 0.5) is 21.5 Å². The van der Waals surface area contributed by atoms with Gasteiger partial charge >= 0.3 is 0 Å². The molecule has 2 aromatic carbocycles. The van der Waals surface area contributed by atoms with Crippen LogP contribution >= 0.6 is 11.6 Å². The molecule has 0 saturated carbocycles. The topological polar surface area (TPSA) is 105 Å². The Balaban J connectivity index is 2.18. The number of halogens is 2. The van der Waals surface area contributed by atoms with Crippen molar-refractivity contribution in [3.05, 3.63) is 46.7 Å². The predicted octanol–water partition coefficient (Wildman–Crippen LogP) is 3.38. The van der Waals surface area contributed by atoms with Gasteiger partial charge in [0.25, 0.3) is 0 Å². The average Bonchev–Trinajstić information content (AvgIpc) is 2.69. The van der Waals surface area contributed by atoms with Gasteiger partial charge in [0.05, 0.1) is 36.3 Å². The Bertz CT molecular complexity index is 962. The number of methoxy groups -OCH3 is 2. The van der Waals surface area contributed by atoms with Crippen molar-refractivity contribution in [2.75, 3.05) is 32.0 Å². The van der Waals surface area contributed by atoms with Gasteiger partial charge in [-0.05, 0) is 24.3 Å². The summed E-state index contributed by atoms with van der Waals surface area (Å²) in [6.07, 6.45) is 1.53. The summed E-state index contributed by atoms with van der Waals surface area (Å²) < 4.78 is 24.1. The molecule has 0 radical (unpaired) electrons. The maximum absolute atomic E-state index is 13.6. The van der Waals surface area contributed by atoms with E-state index in [2.05, 4.69) is 21.7 Å². The minimum absolute atomic E-state index is 0.0423. The van der Waals surface area contributed by atoms with Gasteiger partial charge in [-0.25, -0.2) is 4.39 Å². The van der Waals surface area contributed by atoms with Gasteiger partial charge in [0, 0.05) is 30.6 Å². The molecule has 146 valence electrons. The van der Waals surface area contributed by atoms with Crippen molar-refractivity contribution in [2.24, 2.45) is 10.9 Å². The van der Waals surface area contributed by atoms with Crippen LogP contribution in [0.3, 0.4) is 0 Å². The molecule has 1 aliphatic rings. The Morgan fingerprint density at radius 3 is 2.79 bits per heavy atom. The number of nitriles is 1. The summed E-state index contributed by atoms with van der Waals surface area (Å²) in [5.74, 6) is -0.800. The standard InChI is InChI=1S/C19H19ClFN5O2/c1-27-10-25-19(26-12-3-4-15(21)14(20)5-12)11(8-22)9-24-17-7-18(28-2)16(23)6-13(17)19/h3-7,9,11,25-26H,10,23H2,1-2H3. The van der Waals surface area contributed by atoms with E-state index in [1.54, 1.807) is 12.1 Å². The van der Waals surface area contributed by atoms with Crippen LogP contribution in [-0.4, -0.2) is 27.2 Å². The van der Waals surface area contributed by atoms with Gasteiger partial charge < -0.3 is 20.5 Å². The monoisotopic (exact) mass is 403 g/mol. The highest BCUT2D eigenvalue weighted by molar-refractivity contribution is 6.31. The molecule has 1 heterocycles. The molecule has 0 bridgehead atoms. The third-order valence-corrected chi connectivity index (χ3v) is 4.79. The van der Waals surface area contributed by atoms with Crippen LogP contribution in [0.2, 0.25) is 5.02 Å². The first-order chi connectivity index (χ1) is 13.4. The summed E-state index contributed by atoms with van der Waals surface area (Å²) in [6, 6.07) is 9.83. The predicted molar refractivity (Wildman–Crippen MR) is 106 cm³/mol. The highest BCUT2D eigenvalue weighted by atomic mass is 35.5. The maximum Gasteiger partial charge on any atom is 0.143 e. The third-order valence-electron chi connectivity index (χ3n) is 4.50. The number of fused-ring (bicyclic) bond motifs is 1. The van der Waals surface area contributed by atoms with Crippen LogP contribution in [0.25, 0.3) is 0 Å². The van der Waals surface area contributed by atoms with Crippen LogP contribution in [0, 0.1) is 23.1 Å². The van der Waals surface area contributed by atoms with E-state index in [0.29, 0.717) is 28.4 Å². The molecule has 2 atom stereocenters. The van der Waals surface area contributed by atoms with E-state index in [4.69, 9.17) is 26.8 Å². The van der Waals surface area contributed by atoms with Crippen LogP contribution < -0.4 is 21.1 Å². The van der Waals surface area contributed by atoms with Crippen molar-refractivity contribution < 1.29 is 13.9 Å². The molecule has 0 saturated heterocycles. The number of benzene rings is 2. The first-order valence-corrected chi connectivity index (χ1v) is 8.72. The van der Waals surface area contributed by atoms with E-state index in [0.717, 1.165) is 0 Å². The van der Waals surface area contributed by atoms with Crippen molar-refractivity contribution in [1.82, 2.24) is 5.32 Å². The Labute approximate surface area is 166 Å². The van der Waals surface area contributed by atoms with Crippen molar-refractivity contribution >= 4 is 34.9 Å². The quantitative estimate of drug-likeness (QED) is 0.504. The number of nitrogens with one attached hydrogen (secondary N) is 2. The number of anilines is 2. The first-order valence-electron chi connectivity index (χ1n) is 8.34. The Morgan fingerprint density at radius 2 is 2.14 bits per heavy atom. The molecular weight excluding hydrogens is 385 g/mol. The van der Waals surface area contributed by atoms with Crippen molar-refractivity contribution in [1.29, 1.82) is 5.26 Å². The lowest BCUT2D eigenvalue weighted by molar-refractivity contribution is 0.136. The van der Waals surface area contributed by atoms with Gasteiger partial charge in [0.1, 0.15) is 23.1 Å². The van der Waals surface area contributed by atoms with E-state index >= 15 is 0 Å². The molecule has 0 aromatic heterocycles. The van der Waals surface area contributed by atoms with Crippen molar-refractivity contribution in [2.45, 2.75) is 5.66 Å². The van der Waals surface area contributed by atoms with E-state index in [9.17, 15) is 9.65 Å². The second kappa shape index (κ2) is 8.02. The van der Waals surface area contributed by atoms with Crippen LogP contribution in [0.15, 0.2) is 35.3 Å². The number of rotatable bonds is 6. The van der Waals surface area contributed by atoms with Crippen LogP contribution in [0.1, 0.15) is 5.56 Å². The molecule has 3 rings (SSSR count). The van der Waals surface area contributed by atoms with Gasteiger partial charge in [0.2, 0.25) is 0 Å². The number of nitrogens with zero attached hydrogens (tertiary/aromatic N) is 2. The summed E-state index contributed by atoms with van der Waals surface area (Å²) in [5, 5.41) is 16.2. The molecule has 1 aliphatic heterocycles. The fraction of sp³-hybridized carbons (Fsp3) is 0.263. The lowest BCUT2D eigenvalue weighted by Crippen LogP contribution is -2.56. The zero-order chi connectivity index (χ0) is 20.3. The molecule has 9 heteroatoms. The molecule has 2 aromatic rings. The van der Waals surface area contributed by atoms with Gasteiger partial charge in [-0.15, -0.1) is 0 Å².